The maximum atomic E-state index is 13.2. The van der Waals surface area contributed by atoms with Gasteiger partial charge in [0.25, 0.3) is 11.5 Å². The van der Waals surface area contributed by atoms with Crippen molar-refractivity contribution in [2.45, 2.75) is 50.0 Å². The van der Waals surface area contributed by atoms with Gasteiger partial charge in [-0.1, -0.05) is 30.3 Å². The Balaban J connectivity index is 1.27. The average molecular weight is 609 g/mol. The number of rotatable bonds is 6. The van der Waals surface area contributed by atoms with E-state index in [1.54, 1.807) is 36.4 Å². The second-order valence-corrected chi connectivity index (χ2v) is 10.6. The highest BCUT2D eigenvalue weighted by Crippen LogP contribution is 2.59. The number of nitrogens with one attached hydrogen (secondary N) is 1. The number of nitrogens with zero attached hydrogens (tertiary/aromatic N) is 2. The molecule has 1 saturated carbocycles. The molecule has 1 aliphatic heterocycles. The van der Waals surface area contributed by atoms with E-state index in [0.29, 0.717) is 35.4 Å². The lowest BCUT2D eigenvalue weighted by Crippen LogP contribution is -2.44. The summed E-state index contributed by atoms with van der Waals surface area (Å²) in [6.07, 6.45) is 0.0777. The predicted octanol–water partition coefficient (Wildman–Crippen LogP) is 4.38. The lowest BCUT2D eigenvalue weighted by molar-refractivity contribution is -0.137. The van der Waals surface area contributed by atoms with Crippen molar-refractivity contribution in [3.8, 4) is 0 Å². The van der Waals surface area contributed by atoms with Crippen LogP contribution >= 0.6 is 22.6 Å². The van der Waals surface area contributed by atoms with Gasteiger partial charge in [-0.2, -0.15) is 17.7 Å². The Labute approximate surface area is 218 Å². The number of piperidine rings is 1. The summed E-state index contributed by atoms with van der Waals surface area (Å²) in [5.41, 5.74) is -1.46. The molecular formula is C26H23F3IN3O3. The van der Waals surface area contributed by atoms with E-state index < -0.39 is 34.4 Å². The van der Waals surface area contributed by atoms with Crippen LogP contribution < -0.4 is 16.6 Å². The zero-order valence-electron chi connectivity index (χ0n) is 19.1. The molecule has 6 nitrogen and oxygen atoms in total. The fourth-order valence-corrected chi connectivity index (χ4v) is 5.86. The molecule has 1 N–H and O–H groups in total. The number of benzene rings is 2. The molecule has 2 heterocycles. The van der Waals surface area contributed by atoms with Crippen LogP contribution in [0.4, 0.5) is 13.2 Å². The lowest BCUT2D eigenvalue weighted by atomic mass is 10.0. The second-order valence-electron chi connectivity index (χ2n) is 9.43. The van der Waals surface area contributed by atoms with Crippen LogP contribution in [0.3, 0.4) is 0 Å². The molecule has 3 atom stereocenters. The molecule has 0 radical (unpaired) electrons. The van der Waals surface area contributed by atoms with Gasteiger partial charge in [0, 0.05) is 29.9 Å². The highest BCUT2D eigenvalue weighted by Gasteiger charge is 2.60. The Morgan fingerprint density at radius 1 is 1.11 bits per heavy atom. The van der Waals surface area contributed by atoms with E-state index >= 15 is 0 Å². The molecule has 3 unspecified atom stereocenters. The van der Waals surface area contributed by atoms with Crippen molar-refractivity contribution in [1.29, 1.82) is 0 Å². The number of hydrogen-bond acceptors (Lipinski definition) is 4. The summed E-state index contributed by atoms with van der Waals surface area (Å²) in [4.78, 5) is 38.4. The summed E-state index contributed by atoms with van der Waals surface area (Å²) in [7, 11) is 0. The van der Waals surface area contributed by atoms with Crippen molar-refractivity contribution in [2.75, 3.05) is 0 Å². The summed E-state index contributed by atoms with van der Waals surface area (Å²) >= 11 is 1.82. The molecule has 2 fully saturated rings. The van der Waals surface area contributed by atoms with Gasteiger partial charge in [-0.15, -0.1) is 0 Å². The van der Waals surface area contributed by atoms with E-state index in [9.17, 15) is 27.6 Å². The highest BCUT2D eigenvalue weighted by molar-refractivity contribution is 14.1. The lowest BCUT2D eigenvalue weighted by Gasteiger charge is -2.21. The van der Waals surface area contributed by atoms with Gasteiger partial charge in [-0.25, -0.2) is 4.79 Å². The fraction of sp³-hybridized carbons (Fsp3) is 0.346. The van der Waals surface area contributed by atoms with Gasteiger partial charge in [0.15, 0.2) is 0 Å². The van der Waals surface area contributed by atoms with Gasteiger partial charge in [-0.05, 0) is 84.0 Å². The fourth-order valence-electron chi connectivity index (χ4n) is 5.28. The van der Waals surface area contributed by atoms with Crippen molar-refractivity contribution in [1.82, 2.24) is 14.5 Å². The number of alkyl halides is 3. The molecule has 1 aromatic heterocycles. The summed E-state index contributed by atoms with van der Waals surface area (Å²) in [5, 5.41) is 3.54. The first kappa shape index (κ1) is 24.9. The molecule has 0 spiro atoms. The van der Waals surface area contributed by atoms with Gasteiger partial charge < -0.3 is 5.32 Å². The number of carbonyl (C=O) groups excluding carboxylic acids is 1. The Hall–Kier alpha value is -2.73. The van der Waals surface area contributed by atoms with Crippen LogP contribution in [0.2, 0.25) is 0 Å². The third-order valence-corrected chi connectivity index (χ3v) is 7.87. The van der Waals surface area contributed by atoms with E-state index in [0.717, 1.165) is 18.9 Å². The Bertz CT molecular complexity index is 1430. The van der Waals surface area contributed by atoms with Crippen LogP contribution in [-0.2, 0) is 18.3 Å². The molecular weight excluding hydrogens is 586 g/mol. The third kappa shape index (κ3) is 4.56. The molecule has 1 saturated heterocycles. The zero-order valence-corrected chi connectivity index (χ0v) is 21.3. The molecule has 36 heavy (non-hydrogen) atoms. The maximum absolute atomic E-state index is 13.2. The van der Waals surface area contributed by atoms with Crippen LogP contribution in [0.5, 0.6) is 0 Å². The van der Waals surface area contributed by atoms with E-state index in [2.05, 4.69) is 5.32 Å². The standard InChI is InChI=1S/C26H23F3IN3O3/c27-26(28,29)18-9-4-8-17(12-18)25-14-19(25)13-20(31-25)10-5-11-32-15-21(30)23(35)33(24(32)36)22(34)16-6-2-1-3-7-16/h1-4,6-9,12,15,19-20,31H,5,10-11,13-14H2. The quantitative estimate of drug-likeness (QED) is 0.422. The number of hydrogen-bond donors (Lipinski definition) is 1. The minimum atomic E-state index is -4.38. The van der Waals surface area contributed by atoms with Gasteiger partial charge >= 0.3 is 11.9 Å². The molecule has 10 heteroatoms. The van der Waals surface area contributed by atoms with Gasteiger partial charge in [0.2, 0.25) is 0 Å². The van der Waals surface area contributed by atoms with Crippen LogP contribution in [0.15, 0.2) is 70.4 Å². The Kier molecular flexibility index (Phi) is 6.44. The monoisotopic (exact) mass is 609 g/mol. The maximum Gasteiger partial charge on any atom is 0.416 e. The van der Waals surface area contributed by atoms with Crippen LogP contribution in [0, 0.1) is 9.49 Å². The van der Waals surface area contributed by atoms with Crippen molar-refractivity contribution < 1.29 is 18.0 Å². The predicted molar refractivity (Wildman–Crippen MR) is 136 cm³/mol. The van der Waals surface area contributed by atoms with E-state index in [-0.39, 0.29) is 15.2 Å². The topological polar surface area (TPSA) is 73.1 Å². The molecule has 1 aliphatic carbocycles. The van der Waals surface area contributed by atoms with Gasteiger partial charge in [0.05, 0.1) is 9.13 Å². The number of aromatic nitrogens is 2. The first-order valence-corrected chi connectivity index (χ1v) is 12.8. The van der Waals surface area contributed by atoms with E-state index in [4.69, 9.17) is 0 Å². The molecule has 0 amide bonds. The zero-order chi connectivity index (χ0) is 25.7. The largest absolute Gasteiger partial charge is 0.416 e. The SMILES string of the molecule is O=C(c1ccccc1)n1c(=O)c(I)cn(CCCC2CC3CC3(c3cccc(C(F)(F)F)c3)N2)c1=O. The molecule has 188 valence electrons. The van der Waals surface area contributed by atoms with Crippen molar-refractivity contribution >= 4 is 28.5 Å². The average Bonchev–Trinajstić information content (AvgIpc) is 3.43. The van der Waals surface area contributed by atoms with E-state index in [1.165, 1.54) is 22.9 Å². The molecule has 3 aromatic rings. The van der Waals surface area contributed by atoms with Crippen molar-refractivity contribution in [3.63, 3.8) is 0 Å². The van der Waals surface area contributed by atoms with E-state index in [1.807, 2.05) is 22.6 Å². The van der Waals surface area contributed by atoms with Crippen LogP contribution in [0.1, 0.15) is 47.2 Å². The van der Waals surface area contributed by atoms with Gasteiger partial charge in [0.1, 0.15) is 0 Å². The van der Waals surface area contributed by atoms with Crippen LogP contribution in [-0.4, -0.2) is 21.1 Å². The number of carbonyl (C=O) groups is 1. The van der Waals surface area contributed by atoms with Crippen molar-refractivity contribution in [3.05, 3.63) is 102 Å². The number of fused-ring (bicyclic) bond motifs is 1. The first-order valence-electron chi connectivity index (χ1n) is 11.7. The summed E-state index contributed by atoms with van der Waals surface area (Å²) in [6.45, 7) is 0.316. The summed E-state index contributed by atoms with van der Waals surface area (Å²) < 4.78 is 41.8. The minimum absolute atomic E-state index is 0.116. The summed E-state index contributed by atoms with van der Waals surface area (Å²) in [5.74, 6) is -0.376. The number of aryl methyl sites for hydroxylation is 1. The second kappa shape index (κ2) is 9.29. The van der Waals surface area contributed by atoms with Crippen molar-refractivity contribution in [2.24, 2.45) is 5.92 Å². The number of halogens is 4. The normalized spacial score (nSPS) is 22.9. The van der Waals surface area contributed by atoms with Gasteiger partial charge in [-0.3, -0.25) is 14.2 Å². The Morgan fingerprint density at radius 3 is 2.58 bits per heavy atom. The molecule has 5 rings (SSSR count). The Morgan fingerprint density at radius 2 is 1.86 bits per heavy atom. The highest BCUT2D eigenvalue weighted by atomic mass is 127. The molecule has 0 bridgehead atoms. The molecule has 2 aliphatic rings. The minimum Gasteiger partial charge on any atom is -0.304 e. The summed E-state index contributed by atoms with van der Waals surface area (Å²) in [6, 6.07) is 13.8. The first-order chi connectivity index (χ1) is 17.1. The third-order valence-electron chi connectivity index (χ3n) is 7.13. The van der Waals surface area contributed by atoms with Crippen LogP contribution in [0.25, 0.3) is 0 Å². The smallest absolute Gasteiger partial charge is 0.304 e. The molecule has 2 aromatic carbocycles.